The summed E-state index contributed by atoms with van der Waals surface area (Å²) in [5, 5.41) is 18.7. The van der Waals surface area contributed by atoms with Crippen LogP contribution in [0.15, 0.2) is 72.8 Å². The molecule has 2 aromatic heterocycles. The molecule has 0 spiro atoms. The molecular formula is C41H41N11O5. The second-order valence-electron chi connectivity index (χ2n) is 14.1. The molecule has 0 unspecified atom stereocenters. The van der Waals surface area contributed by atoms with Gasteiger partial charge >= 0.3 is 0 Å². The van der Waals surface area contributed by atoms with Crippen LogP contribution in [0.4, 0.5) is 5.69 Å². The predicted octanol–water partition coefficient (Wildman–Crippen LogP) is 4.59. The number of hydrogen-bond donors (Lipinski definition) is 7. The first-order chi connectivity index (χ1) is 27.5. The minimum atomic E-state index is -0.666. The molecule has 4 heterocycles. The van der Waals surface area contributed by atoms with Crippen LogP contribution in [0.3, 0.4) is 0 Å². The number of nitrogens with one attached hydrogen (secondary N) is 5. The van der Waals surface area contributed by atoms with Crippen LogP contribution in [0, 0.1) is 10.8 Å². The molecule has 0 saturated carbocycles. The number of nitrogens with zero attached hydrogens (tertiary/aromatic N) is 4. The monoisotopic (exact) mass is 767 g/mol. The van der Waals surface area contributed by atoms with E-state index < -0.39 is 12.1 Å². The summed E-state index contributed by atoms with van der Waals surface area (Å²) >= 11 is 0. The van der Waals surface area contributed by atoms with Crippen LogP contribution in [0.25, 0.3) is 44.8 Å². The number of hydrogen-bond acceptors (Lipinski definition) is 9. The van der Waals surface area contributed by atoms with Gasteiger partial charge < -0.3 is 46.0 Å². The van der Waals surface area contributed by atoms with Crippen molar-refractivity contribution in [2.45, 2.75) is 37.8 Å². The molecule has 3 amide bonds. The summed E-state index contributed by atoms with van der Waals surface area (Å²) in [4.78, 5) is 60.6. The molecule has 0 bridgehead atoms. The van der Waals surface area contributed by atoms with E-state index in [1.165, 1.54) is 14.2 Å². The number of H-pyrrole nitrogens is 2. The SMILES string of the molecule is COc1cc2nc(-c3ccc(NC(=O)[C@@H]4CCCN4C(=O)[C@@H]4CCCN4C(=O)c4ccc(-c5nc6cc(OC)c(C(=N)N)cc6[nH]5)cc4)cc3)[nH]c2cc1C(=N)N. The fourth-order valence-electron chi connectivity index (χ4n) is 7.74. The summed E-state index contributed by atoms with van der Waals surface area (Å²) in [6, 6.07) is 19.8. The van der Waals surface area contributed by atoms with Crippen LogP contribution in [0.1, 0.15) is 47.2 Å². The van der Waals surface area contributed by atoms with E-state index in [0.717, 1.165) is 11.1 Å². The van der Waals surface area contributed by atoms with Crippen molar-refractivity contribution in [3.8, 4) is 34.3 Å². The smallest absolute Gasteiger partial charge is 0.254 e. The number of anilines is 1. The molecule has 16 heteroatoms. The molecule has 6 aromatic rings. The summed E-state index contributed by atoms with van der Waals surface area (Å²) < 4.78 is 10.8. The minimum Gasteiger partial charge on any atom is -0.496 e. The number of imidazole rings is 2. The number of aromatic amines is 2. The number of amides is 3. The fraction of sp³-hybridized carbons (Fsp3) is 0.244. The van der Waals surface area contributed by atoms with E-state index in [0.29, 0.717) is 106 Å². The number of nitrogen functional groups attached to an aromatic ring is 2. The molecule has 0 radical (unpaired) electrons. The first-order valence-electron chi connectivity index (χ1n) is 18.5. The lowest BCUT2D eigenvalue weighted by Crippen LogP contribution is -2.51. The van der Waals surface area contributed by atoms with Gasteiger partial charge in [-0.3, -0.25) is 25.2 Å². The Morgan fingerprint density at radius 1 is 0.719 bits per heavy atom. The number of aromatic nitrogens is 4. The molecule has 2 fully saturated rings. The first-order valence-corrected chi connectivity index (χ1v) is 18.5. The maximum atomic E-state index is 14.0. The van der Waals surface area contributed by atoms with Gasteiger partial charge in [0.1, 0.15) is 46.9 Å². The Hall–Kier alpha value is -7.23. The summed E-state index contributed by atoms with van der Waals surface area (Å²) in [5.41, 5.74) is 17.6. The third kappa shape index (κ3) is 6.85. The van der Waals surface area contributed by atoms with Crippen molar-refractivity contribution < 1.29 is 23.9 Å². The number of nitrogens with two attached hydrogens (primary N) is 2. The van der Waals surface area contributed by atoms with E-state index >= 15 is 0 Å². The molecule has 2 aliphatic rings. The van der Waals surface area contributed by atoms with Crippen LogP contribution in [-0.2, 0) is 9.59 Å². The van der Waals surface area contributed by atoms with Crippen molar-refractivity contribution in [3.63, 3.8) is 0 Å². The van der Waals surface area contributed by atoms with Crippen LogP contribution in [-0.4, -0.2) is 98.5 Å². The molecular weight excluding hydrogens is 727 g/mol. The second kappa shape index (κ2) is 14.8. The Bertz CT molecular complexity index is 2580. The molecule has 9 N–H and O–H groups in total. The van der Waals surface area contributed by atoms with E-state index in [1.54, 1.807) is 70.5 Å². The standard InChI is InChI=1S/C41H41N11O5/c1-56-33-19-29-27(17-25(33)35(42)43)47-37(49-29)21-7-9-23(10-8-21)40(54)52-16-4-6-32(52)41(55)51-15-3-5-31(51)39(53)46-24-13-11-22(12-14-24)38-48-28-18-26(36(44)45)34(57-2)20-30(28)50-38/h7-14,17-20,31-32H,3-6,15-16H2,1-2H3,(H3,42,43)(H3,44,45)(H,46,53)(H,47,49)(H,48,50)/t31-,32-/m0/s1. The van der Waals surface area contributed by atoms with Crippen molar-refractivity contribution in [2.24, 2.45) is 11.5 Å². The summed E-state index contributed by atoms with van der Waals surface area (Å²) in [7, 11) is 3.02. The number of fused-ring (bicyclic) bond motifs is 2. The van der Waals surface area contributed by atoms with E-state index in [1.807, 2.05) is 12.1 Å². The third-order valence-corrected chi connectivity index (χ3v) is 10.7. The number of rotatable bonds is 10. The number of methoxy groups -OCH3 is 2. The molecule has 4 aromatic carbocycles. The second-order valence-corrected chi connectivity index (χ2v) is 14.1. The van der Waals surface area contributed by atoms with Gasteiger partial charge in [-0.05, 0) is 74.2 Å². The van der Waals surface area contributed by atoms with Gasteiger partial charge in [-0.25, -0.2) is 9.97 Å². The Morgan fingerprint density at radius 2 is 1.21 bits per heavy atom. The molecule has 290 valence electrons. The number of likely N-dealkylation sites (tertiary alicyclic amines) is 2. The van der Waals surface area contributed by atoms with Crippen molar-refractivity contribution in [1.82, 2.24) is 29.7 Å². The zero-order valence-corrected chi connectivity index (χ0v) is 31.3. The number of carbonyl (C=O) groups excluding carboxylic acids is 3. The molecule has 57 heavy (non-hydrogen) atoms. The van der Waals surface area contributed by atoms with Gasteiger partial charge in [0.15, 0.2) is 0 Å². The topological polar surface area (TPSA) is 245 Å². The lowest BCUT2D eigenvalue weighted by molar-refractivity contribution is -0.139. The third-order valence-electron chi connectivity index (χ3n) is 10.7. The lowest BCUT2D eigenvalue weighted by Gasteiger charge is -2.31. The van der Waals surface area contributed by atoms with Gasteiger partial charge in [-0.15, -0.1) is 0 Å². The number of benzene rings is 4. The van der Waals surface area contributed by atoms with Crippen LogP contribution >= 0.6 is 0 Å². The largest absolute Gasteiger partial charge is 0.496 e. The lowest BCUT2D eigenvalue weighted by atomic mass is 10.1. The Labute approximate surface area is 326 Å². The van der Waals surface area contributed by atoms with Crippen molar-refractivity contribution in [2.75, 3.05) is 32.6 Å². The van der Waals surface area contributed by atoms with Gasteiger partial charge in [-0.1, -0.05) is 12.1 Å². The number of carbonyl (C=O) groups is 3. The quantitative estimate of drug-likeness (QED) is 0.0760. The highest BCUT2D eigenvalue weighted by molar-refractivity contribution is 6.03. The molecule has 2 aliphatic heterocycles. The van der Waals surface area contributed by atoms with Crippen LogP contribution < -0.4 is 26.3 Å². The summed E-state index contributed by atoms with van der Waals surface area (Å²) in [5.74, 6) is 1.10. The molecule has 16 nitrogen and oxygen atoms in total. The van der Waals surface area contributed by atoms with E-state index in [-0.39, 0.29) is 29.4 Å². The maximum Gasteiger partial charge on any atom is 0.254 e. The first kappa shape index (κ1) is 36.7. The predicted molar refractivity (Wildman–Crippen MR) is 216 cm³/mol. The van der Waals surface area contributed by atoms with E-state index in [2.05, 4.69) is 25.3 Å². The molecule has 8 rings (SSSR count). The number of amidine groups is 2. The molecule has 2 saturated heterocycles. The van der Waals surface area contributed by atoms with Crippen LogP contribution in [0.5, 0.6) is 11.5 Å². The van der Waals surface area contributed by atoms with Crippen molar-refractivity contribution in [3.05, 3.63) is 89.5 Å². The Morgan fingerprint density at radius 3 is 1.72 bits per heavy atom. The van der Waals surface area contributed by atoms with Gasteiger partial charge in [-0.2, -0.15) is 0 Å². The summed E-state index contributed by atoms with van der Waals surface area (Å²) in [6.07, 6.45) is 2.40. The highest BCUT2D eigenvalue weighted by atomic mass is 16.5. The van der Waals surface area contributed by atoms with E-state index in [9.17, 15) is 14.4 Å². The van der Waals surface area contributed by atoms with Crippen molar-refractivity contribution in [1.29, 1.82) is 10.8 Å². The molecule has 2 atom stereocenters. The maximum absolute atomic E-state index is 14.0. The molecule has 0 aliphatic carbocycles. The minimum absolute atomic E-state index is 0.112. The zero-order valence-electron chi connectivity index (χ0n) is 31.3. The van der Waals surface area contributed by atoms with Crippen molar-refractivity contribution >= 4 is 57.1 Å². The average Bonchev–Trinajstić information content (AvgIpc) is 4.05. The van der Waals surface area contributed by atoms with E-state index in [4.69, 9.17) is 31.8 Å². The summed E-state index contributed by atoms with van der Waals surface area (Å²) in [6.45, 7) is 0.872. The highest BCUT2D eigenvalue weighted by Gasteiger charge is 2.42. The van der Waals surface area contributed by atoms with Gasteiger partial charge in [0, 0.05) is 47.6 Å². The fourth-order valence-corrected chi connectivity index (χ4v) is 7.74. The Kier molecular flexibility index (Phi) is 9.53. The normalized spacial score (nSPS) is 16.6. The van der Waals surface area contributed by atoms with Gasteiger partial charge in [0.25, 0.3) is 5.91 Å². The van der Waals surface area contributed by atoms with Gasteiger partial charge in [0.2, 0.25) is 11.8 Å². The van der Waals surface area contributed by atoms with Crippen LogP contribution in [0.2, 0.25) is 0 Å². The number of ether oxygens (including phenoxy) is 2. The van der Waals surface area contributed by atoms with Gasteiger partial charge in [0.05, 0.1) is 47.4 Å². The average molecular weight is 768 g/mol. The Balaban J connectivity index is 0.924. The zero-order chi connectivity index (χ0) is 40.0. The highest BCUT2D eigenvalue weighted by Crippen LogP contribution is 2.31.